The van der Waals surface area contributed by atoms with Gasteiger partial charge in [-0.15, -0.1) is 5.10 Å². The van der Waals surface area contributed by atoms with Gasteiger partial charge in [-0.3, -0.25) is 9.78 Å². The fourth-order valence-corrected chi connectivity index (χ4v) is 4.37. The van der Waals surface area contributed by atoms with Crippen molar-refractivity contribution >= 4 is 39.9 Å². The van der Waals surface area contributed by atoms with Crippen LogP contribution in [-0.2, 0) is 0 Å². The van der Waals surface area contributed by atoms with E-state index in [1.807, 2.05) is 13.0 Å². The molecule has 0 saturated heterocycles. The summed E-state index contributed by atoms with van der Waals surface area (Å²) < 4.78 is 20.9. The zero-order valence-electron chi connectivity index (χ0n) is 19.4. The molecule has 188 valence electrons. The van der Waals surface area contributed by atoms with Crippen LogP contribution < -0.4 is 21.7 Å². The number of nitrogens with two attached hydrogens (primary N) is 1. The number of aromatic nitrogens is 4. The molecule has 0 spiro atoms. The van der Waals surface area contributed by atoms with Crippen molar-refractivity contribution in [2.75, 3.05) is 5.73 Å². The maximum Gasteiger partial charge on any atom is 0.349 e. The Balaban J connectivity index is 1.49. The molecule has 0 fully saturated rings. The van der Waals surface area contributed by atoms with Gasteiger partial charge in [-0.1, -0.05) is 29.3 Å². The van der Waals surface area contributed by atoms with Gasteiger partial charge < -0.3 is 10.5 Å². The van der Waals surface area contributed by atoms with Crippen molar-refractivity contribution < 1.29 is 9.13 Å². The predicted octanol–water partition coefficient (Wildman–Crippen LogP) is 5.14. The second-order valence-corrected chi connectivity index (χ2v) is 9.02. The summed E-state index contributed by atoms with van der Waals surface area (Å²) in [6.45, 7) is 1.88. The van der Waals surface area contributed by atoms with Crippen LogP contribution in [0.3, 0.4) is 0 Å². The summed E-state index contributed by atoms with van der Waals surface area (Å²) in [7, 11) is 0. The summed E-state index contributed by atoms with van der Waals surface area (Å²) in [5.74, 6) is -0.459. The number of nitriles is 1. The van der Waals surface area contributed by atoms with Gasteiger partial charge in [0.05, 0.1) is 32.5 Å². The quantitative estimate of drug-likeness (QED) is 0.317. The highest BCUT2D eigenvalue weighted by atomic mass is 35.5. The zero-order valence-corrected chi connectivity index (χ0v) is 20.9. The van der Waals surface area contributed by atoms with Crippen LogP contribution in [0.15, 0.2) is 64.2 Å². The van der Waals surface area contributed by atoms with Crippen molar-refractivity contribution in [3.05, 3.63) is 102 Å². The summed E-state index contributed by atoms with van der Waals surface area (Å²) in [5.41, 5.74) is 6.63. The van der Waals surface area contributed by atoms with Gasteiger partial charge in [-0.25, -0.2) is 14.2 Å². The smallest absolute Gasteiger partial charge is 0.349 e. The zero-order chi connectivity index (χ0) is 27.1. The monoisotopic (exact) mass is 548 g/mol. The maximum atomic E-state index is 14.1. The number of H-pyrrole nitrogens is 1. The van der Waals surface area contributed by atoms with Crippen molar-refractivity contribution in [1.29, 1.82) is 5.26 Å². The molecule has 3 N–H and O–H groups in total. The molecule has 2 heterocycles. The minimum atomic E-state index is -0.814. The molecule has 3 aromatic carbocycles. The Morgan fingerprint density at radius 3 is 2.50 bits per heavy atom. The summed E-state index contributed by atoms with van der Waals surface area (Å²) >= 11 is 12.8. The number of rotatable bonds is 4. The van der Waals surface area contributed by atoms with E-state index in [0.717, 1.165) is 15.6 Å². The van der Waals surface area contributed by atoms with Gasteiger partial charge >= 0.3 is 5.69 Å². The van der Waals surface area contributed by atoms with Gasteiger partial charge in [0.2, 0.25) is 5.82 Å². The van der Waals surface area contributed by atoms with E-state index in [9.17, 15) is 14.0 Å². The molecule has 12 heteroatoms. The number of nitrogen functional groups attached to an aromatic ring is 1. The number of ether oxygens (including phenoxy) is 1. The first-order chi connectivity index (χ1) is 18.1. The van der Waals surface area contributed by atoms with Crippen LogP contribution in [0.25, 0.3) is 27.8 Å². The molecular formula is C26H15Cl2FN6O3. The van der Waals surface area contributed by atoms with E-state index in [-0.39, 0.29) is 27.0 Å². The number of benzene rings is 3. The average molecular weight is 549 g/mol. The Hall–Kier alpha value is -4.72. The molecule has 0 saturated carbocycles. The Morgan fingerprint density at radius 1 is 1.08 bits per heavy atom. The normalized spacial score (nSPS) is 10.9. The summed E-state index contributed by atoms with van der Waals surface area (Å²) in [5, 5.41) is 13.7. The van der Waals surface area contributed by atoms with Crippen LogP contribution in [0.4, 0.5) is 10.2 Å². The van der Waals surface area contributed by atoms with E-state index in [2.05, 4.69) is 15.1 Å². The molecule has 5 aromatic rings. The third kappa shape index (κ3) is 4.56. The largest absolute Gasteiger partial charge is 0.454 e. The Kier molecular flexibility index (Phi) is 6.32. The van der Waals surface area contributed by atoms with E-state index < -0.39 is 22.9 Å². The summed E-state index contributed by atoms with van der Waals surface area (Å²) in [6.07, 6.45) is 0. The van der Waals surface area contributed by atoms with Crippen LogP contribution in [0.2, 0.25) is 10.0 Å². The molecule has 2 aromatic heterocycles. The number of nitrogens with zero attached hydrogens (tertiary/aromatic N) is 4. The number of pyridine rings is 1. The number of hydrogen-bond acceptors (Lipinski definition) is 7. The lowest BCUT2D eigenvalue weighted by Gasteiger charge is -2.13. The third-order valence-electron chi connectivity index (χ3n) is 5.67. The van der Waals surface area contributed by atoms with E-state index in [0.29, 0.717) is 22.5 Å². The minimum absolute atomic E-state index is 0.0374. The second-order valence-electron chi connectivity index (χ2n) is 8.21. The lowest BCUT2D eigenvalue weighted by Crippen LogP contribution is -2.33. The first-order valence-corrected chi connectivity index (χ1v) is 11.7. The molecule has 0 aliphatic heterocycles. The van der Waals surface area contributed by atoms with Crippen molar-refractivity contribution in [3.63, 3.8) is 0 Å². The van der Waals surface area contributed by atoms with Crippen molar-refractivity contribution in [2.45, 2.75) is 6.92 Å². The number of anilines is 1. The standard InChI is InChI=1S/C26H15Cl2FN6O3/c1-12-6-22(13-2-3-14(11-30)20(29)7-13)32-21-5-4-16(10-17(12)21)38-23-18(27)8-15(9-19(23)28)35-26(37)33-25(36)24(31)34-35/h2-10H,1H3,(H2,31,34)(H,33,36,37). The van der Waals surface area contributed by atoms with Gasteiger partial charge in [0.25, 0.3) is 5.56 Å². The van der Waals surface area contributed by atoms with Crippen molar-refractivity contribution in [2.24, 2.45) is 0 Å². The molecule has 38 heavy (non-hydrogen) atoms. The molecule has 0 radical (unpaired) electrons. The average Bonchev–Trinajstić information content (AvgIpc) is 2.88. The van der Waals surface area contributed by atoms with E-state index in [1.165, 1.54) is 24.3 Å². The molecular weight excluding hydrogens is 534 g/mol. The number of nitrogens with one attached hydrogen (secondary N) is 1. The van der Waals surface area contributed by atoms with Crippen molar-refractivity contribution in [3.8, 4) is 34.5 Å². The van der Waals surface area contributed by atoms with Crippen LogP contribution in [0.1, 0.15) is 11.1 Å². The predicted molar refractivity (Wildman–Crippen MR) is 142 cm³/mol. The van der Waals surface area contributed by atoms with Crippen LogP contribution >= 0.6 is 23.2 Å². The van der Waals surface area contributed by atoms with Gasteiger partial charge in [0.15, 0.2) is 5.75 Å². The number of aryl methyl sites for hydroxylation is 1. The van der Waals surface area contributed by atoms with Crippen LogP contribution in [0, 0.1) is 24.1 Å². The lowest BCUT2D eigenvalue weighted by atomic mass is 10.0. The van der Waals surface area contributed by atoms with E-state index in [4.69, 9.17) is 38.9 Å². The number of halogens is 3. The minimum Gasteiger partial charge on any atom is -0.454 e. The summed E-state index contributed by atoms with van der Waals surface area (Å²) in [6, 6.07) is 15.9. The third-order valence-corrected chi connectivity index (χ3v) is 6.23. The first kappa shape index (κ1) is 25.0. The maximum absolute atomic E-state index is 14.1. The fourth-order valence-electron chi connectivity index (χ4n) is 3.82. The molecule has 0 unspecified atom stereocenters. The van der Waals surface area contributed by atoms with Gasteiger partial charge in [0.1, 0.15) is 17.6 Å². The SMILES string of the molecule is Cc1cc(-c2ccc(C#N)c(F)c2)nc2ccc(Oc3c(Cl)cc(-n4nc(N)c(=O)[nH]c4=O)cc3Cl)cc12. The summed E-state index contributed by atoms with van der Waals surface area (Å²) in [4.78, 5) is 30.3. The molecule has 0 atom stereocenters. The van der Waals surface area contributed by atoms with E-state index >= 15 is 0 Å². The molecule has 0 aliphatic carbocycles. The number of fused-ring (bicyclic) bond motifs is 1. The molecule has 5 rings (SSSR count). The fraction of sp³-hybridized carbons (Fsp3) is 0.0385. The van der Waals surface area contributed by atoms with Crippen LogP contribution in [-0.4, -0.2) is 19.7 Å². The molecule has 9 nitrogen and oxygen atoms in total. The highest BCUT2D eigenvalue weighted by molar-refractivity contribution is 6.37. The molecule has 0 aliphatic rings. The lowest BCUT2D eigenvalue weighted by molar-refractivity contribution is 0.483. The topological polar surface area (TPSA) is 140 Å². The second kappa shape index (κ2) is 9.63. The first-order valence-electron chi connectivity index (χ1n) is 10.9. The highest BCUT2D eigenvalue weighted by Gasteiger charge is 2.16. The Labute approximate surface area is 223 Å². The highest BCUT2D eigenvalue weighted by Crippen LogP contribution is 2.39. The molecule has 0 amide bonds. The van der Waals surface area contributed by atoms with Gasteiger partial charge in [-0.05, 0) is 61.0 Å². The van der Waals surface area contributed by atoms with Crippen LogP contribution in [0.5, 0.6) is 11.5 Å². The van der Waals surface area contributed by atoms with Gasteiger partial charge in [-0.2, -0.15) is 9.94 Å². The van der Waals surface area contributed by atoms with Gasteiger partial charge in [0, 0.05) is 10.9 Å². The number of hydrogen-bond donors (Lipinski definition) is 2. The Morgan fingerprint density at radius 2 is 1.82 bits per heavy atom. The number of aromatic amines is 1. The molecule has 0 bridgehead atoms. The van der Waals surface area contributed by atoms with E-state index in [1.54, 1.807) is 30.3 Å². The Bertz CT molecular complexity index is 1910. The van der Waals surface area contributed by atoms with Crippen molar-refractivity contribution in [1.82, 2.24) is 19.7 Å².